The molecule has 17 heavy (non-hydrogen) atoms. The second-order valence-corrected chi connectivity index (χ2v) is 4.59. The summed E-state index contributed by atoms with van der Waals surface area (Å²) in [7, 11) is 1.54. The molecule has 3 amide bonds. The van der Waals surface area contributed by atoms with Gasteiger partial charge in [0.15, 0.2) is 0 Å². The Kier molecular flexibility index (Phi) is 3.15. The lowest BCUT2D eigenvalue weighted by molar-refractivity contribution is -0.139. The standard InChI is InChI=1S/C11H17N3O3/c1-6(10(16)12-2)13-8-5-9(15)14(11(8)17)7-3-4-7/h6-8,13H,3-5H2,1-2H3,(H,12,16). The van der Waals surface area contributed by atoms with Gasteiger partial charge in [0.1, 0.15) is 0 Å². The number of carbonyl (C=O) groups excluding carboxylic acids is 3. The van der Waals surface area contributed by atoms with E-state index in [2.05, 4.69) is 10.6 Å². The average molecular weight is 239 g/mol. The monoisotopic (exact) mass is 239 g/mol. The van der Waals surface area contributed by atoms with Crippen LogP contribution in [0.2, 0.25) is 0 Å². The molecule has 2 rings (SSSR count). The number of likely N-dealkylation sites (tertiary alicyclic amines) is 1. The molecule has 2 N–H and O–H groups in total. The van der Waals surface area contributed by atoms with E-state index in [4.69, 9.17) is 0 Å². The summed E-state index contributed by atoms with van der Waals surface area (Å²) < 4.78 is 0. The summed E-state index contributed by atoms with van der Waals surface area (Å²) in [4.78, 5) is 36.3. The molecule has 6 nitrogen and oxygen atoms in total. The SMILES string of the molecule is CNC(=O)C(C)NC1CC(=O)N(C2CC2)C1=O. The maximum Gasteiger partial charge on any atom is 0.247 e. The molecule has 1 aliphatic heterocycles. The van der Waals surface area contributed by atoms with Crippen LogP contribution < -0.4 is 10.6 Å². The zero-order valence-electron chi connectivity index (χ0n) is 10.0. The van der Waals surface area contributed by atoms with Crippen molar-refractivity contribution in [2.24, 2.45) is 0 Å². The van der Waals surface area contributed by atoms with E-state index in [0.717, 1.165) is 12.8 Å². The van der Waals surface area contributed by atoms with Gasteiger partial charge in [-0.3, -0.25) is 24.6 Å². The van der Waals surface area contributed by atoms with Crippen molar-refractivity contribution >= 4 is 17.7 Å². The van der Waals surface area contributed by atoms with E-state index >= 15 is 0 Å². The highest BCUT2D eigenvalue weighted by atomic mass is 16.2. The minimum atomic E-state index is -0.546. The molecule has 0 aromatic heterocycles. The maximum absolute atomic E-state index is 12.0. The van der Waals surface area contributed by atoms with Gasteiger partial charge in [-0.1, -0.05) is 0 Å². The molecule has 0 bridgehead atoms. The van der Waals surface area contributed by atoms with E-state index in [9.17, 15) is 14.4 Å². The van der Waals surface area contributed by atoms with Gasteiger partial charge < -0.3 is 5.32 Å². The molecule has 0 radical (unpaired) electrons. The fourth-order valence-electron chi connectivity index (χ4n) is 2.09. The van der Waals surface area contributed by atoms with Crippen LogP contribution >= 0.6 is 0 Å². The lowest BCUT2D eigenvalue weighted by Crippen LogP contribution is -2.48. The molecular weight excluding hydrogens is 222 g/mol. The van der Waals surface area contributed by atoms with Crippen molar-refractivity contribution in [1.82, 2.24) is 15.5 Å². The minimum Gasteiger partial charge on any atom is -0.358 e. The number of carbonyl (C=O) groups is 3. The molecule has 1 saturated heterocycles. The summed E-state index contributed by atoms with van der Waals surface area (Å²) in [6, 6.07) is -0.909. The van der Waals surface area contributed by atoms with Gasteiger partial charge in [-0.25, -0.2) is 0 Å². The molecule has 2 unspecified atom stereocenters. The van der Waals surface area contributed by atoms with Crippen molar-refractivity contribution in [1.29, 1.82) is 0 Å². The van der Waals surface area contributed by atoms with Crippen molar-refractivity contribution in [3.8, 4) is 0 Å². The number of imide groups is 1. The van der Waals surface area contributed by atoms with E-state index in [1.54, 1.807) is 14.0 Å². The molecule has 6 heteroatoms. The molecule has 2 fully saturated rings. The summed E-state index contributed by atoms with van der Waals surface area (Å²) in [6.07, 6.45) is 1.99. The number of likely N-dealkylation sites (N-methyl/N-ethyl adjacent to an activating group) is 1. The van der Waals surface area contributed by atoms with Crippen LogP contribution in [0.4, 0.5) is 0 Å². The first-order valence-corrected chi connectivity index (χ1v) is 5.88. The molecule has 0 spiro atoms. The first-order valence-electron chi connectivity index (χ1n) is 5.88. The van der Waals surface area contributed by atoms with Gasteiger partial charge in [0, 0.05) is 13.1 Å². The highest BCUT2D eigenvalue weighted by molar-refractivity contribution is 6.06. The zero-order chi connectivity index (χ0) is 12.6. The summed E-state index contributed by atoms with van der Waals surface area (Å²) in [5, 5.41) is 5.40. The van der Waals surface area contributed by atoms with Crippen LogP contribution in [0.15, 0.2) is 0 Å². The Bertz CT molecular complexity index is 365. The summed E-state index contributed by atoms with van der Waals surface area (Å²) in [5.74, 6) is -0.498. The van der Waals surface area contributed by atoms with Crippen molar-refractivity contribution < 1.29 is 14.4 Å². The predicted octanol–water partition coefficient (Wildman–Crippen LogP) is -1.000. The average Bonchev–Trinajstić information content (AvgIpc) is 3.07. The van der Waals surface area contributed by atoms with Gasteiger partial charge in [0.2, 0.25) is 17.7 Å². The van der Waals surface area contributed by atoms with E-state index in [0.29, 0.717) is 0 Å². The second-order valence-electron chi connectivity index (χ2n) is 4.59. The quantitative estimate of drug-likeness (QED) is 0.617. The van der Waals surface area contributed by atoms with Crippen LogP contribution in [0.3, 0.4) is 0 Å². The fourth-order valence-corrected chi connectivity index (χ4v) is 2.09. The van der Waals surface area contributed by atoms with Crippen LogP contribution in [-0.2, 0) is 14.4 Å². The Morgan fingerprint density at radius 2 is 2.06 bits per heavy atom. The van der Waals surface area contributed by atoms with Gasteiger partial charge in [0.25, 0.3) is 0 Å². The van der Waals surface area contributed by atoms with Crippen LogP contribution in [0, 0.1) is 0 Å². The Labute approximate surface area is 99.7 Å². The van der Waals surface area contributed by atoms with Crippen LogP contribution in [0.5, 0.6) is 0 Å². The van der Waals surface area contributed by atoms with Gasteiger partial charge >= 0.3 is 0 Å². The summed E-state index contributed by atoms with van der Waals surface area (Å²) in [5.41, 5.74) is 0. The highest BCUT2D eigenvalue weighted by Gasteiger charge is 2.46. The smallest absolute Gasteiger partial charge is 0.247 e. The number of nitrogens with zero attached hydrogens (tertiary/aromatic N) is 1. The summed E-state index contributed by atoms with van der Waals surface area (Å²) >= 11 is 0. The number of hydrogen-bond donors (Lipinski definition) is 2. The molecule has 2 atom stereocenters. The highest BCUT2D eigenvalue weighted by Crippen LogP contribution is 2.31. The van der Waals surface area contributed by atoms with Gasteiger partial charge in [-0.15, -0.1) is 0 Å². The topological polar surface area (TPSA) is 78.5 Å². The van der Waals surface area contributed by atoms with Crippen molar-refractivity contribution in [2.75, 3.05) is 7.05 Å². The predicted molar refractivity (Wildman–Crippen MR) is 59.9 cm³/mol. The minimum absolute atomic E-state index is 0.108. The van der Waals surface area contributed by atoms with E-state index < -0.39 is 12.1 Å². The van der Waals surface area contributed by atoms with E-state index in [1.807, 2.05) is 0 Å². The number of nitrogens with one attached hydrogen (secondary N) is 2. The lowest BCUT2D eigenvalue weighted by atomic mass is 10.2. The lowest BCUT2D eigenvalue weighted by Gasteiger charge is -2.17. The van der Waals surface area contributed by atoms with Crippen molar-refractivity contribution in [2.45, 2.75) is 44.3 Å². The van der Waals surface area contributed by atoms with Crippen molar-refractivity contribution in [3.63, 3.8) is 0 Å². The second kappa shape index (κ2) is 4.44. The number of amides is 3. The maximum atomic E-state index is 12.0. The first-order chi connectivity index (χ1) is 8.04. The van der Waals surface area contributed by atoms with Crippen LogP contribution in [0.25, 0.3) is 0 Å². The third-order valence-electron chi connectivity index (χ3n) is 3.19. The molecular formula is C11H17N3O3. The van der Waals surface area contributed by atoms with Crippen LogP contribution in [-0.4, -0.2) is 47.8 Å². The van der Waals surface area contributed by atoms with E-state index in [1.165, 1.54) is 4.90 Å². The Morgan fingerprint density at radius 3 is 2.59 bits per heavy atom. The zero-order valence-corrected chi connectivity index (χ0v) is 10.0. The Hall–Kier alpha value is -1.43. The molecule has 1 heterocycles. The third kappa shape index (κ3) is 2.31. The molecule has 2 aliphatic rings. The van der Waals surface area contributed by atoms with Crippen LogP contribution in [0.1, 0.15) is 26.2 Å². The van der Waals surface area contributed by atoms with Gasteiger partial charge in [-0.05, 0) is 19.8 Å². The molecule has 0 aromatic carbocycles. The summed E-state index contributed by atoms with van der Waals surface area (Å²) in [6.45, 7) is 1.68. The molecule has 1 saturated carbocycles. The largest absolute Gasteiger partial charge is 0.358 e. The fraction of sp³-hybridized carbons (Fsp3) is 0.727. The number of rotatable bonds is 4. The molecule has 94 valence electrons. The third-order valence-corrected chi connectivity index (χ3v) is 3.19. The van der Waals surface area contributed by atoms with Gasteiger partial charge in [-0.2, -0.15) is 0 Å². The van der Waals surface area contributed by atoms with Crippen molar-refractivity contribution in [3.05, 3.63) is 0 Å². The van der Waals surface area contributed by atoms with Gasteiger partial charge in [0.05, 0.1) is 18.5 Å². The first kappa shape index (κ1) is 12.0. The normalized spacial score (nSPS) is 26.2. The van der Waals surface area contributed by atoms with E-state index in [-0.39, 0.29) is 30.2 Å². The Balaban J connectivity index is 1.96. The Morgan fingerprint density at radius 1 is 1.41 bits per heavy atom. The molecule has 1 aliphatic carbocycles. The molecule has 0 aromatic rings. The number of hydrogen-bond acceptors (Lipinski definition) is 4.